The van der Waals surface area contributed by atoms with Crippen molar-refractivity contribution in [1.82, 2.24) is 5.32 Å². The minimum atomic E-state index is -0.557. The van der Waals surface area contributed by atoms with Crippen LogP contribution in [0.1, 0.15) is 28.8 Å². The van der Waals surface area contributed by atoms with Gasteiger partial charge < -0.3 is 15.8 Å². The summed E-state index contributed by atoms with van der Waals surface area (Å²) in [5.74, 6) is -0.271. The lowest BCUT2D eigenvalue weighted by atomic mass is 9.82. The molecular weight excluding hydrogens is 247 g/mol. The molecule has 104 valence electrons. The van der Waals surface area contributed by atoms with Crippen LogP contribution >= 0.6 is 0 Å². The topological polar surface area (TPSA) is 64.3 Å². The molecule has 0 unspecified atom stereocenters. The van der Waals surface area contributed by atoms with Gasteiger partial charge in [-0.05, 0) is 50.6 Å². The molecule has 5 heteroatoms. The lowest BCUT2D eigenvalue weighted by Gasteiger charge is -2.35. The van der Waals surface area contributed by atoms with Crippen LogP contribution < -0.4 is 11.1 Å². The van der Waals surface area contributed by atoms with Crippen molar-refractivity contribution in [3.8, 4) is 0 Å². The van der Waals surface area contributed by atoms with Crippen LogP contribution in [0.25, 0.3) is 0 Å². The van der Waals surface area contributed by atoms with E-state index in [0.717, 1.165) is 19.4 Å². The first-order valence-corrected chi connectivity index (χ1v) is 6.44. The molecule has 1 aromatic rings. The number of benzene rings is 1. The maximum absolute atomic E-state index is 13.6. The van der Waals surface area contributed by atoms with E-state index in [-0.39, 0.29) is 18.5 Å². The van der Waals surface area contributed by atoms with Gasteiger partial charge in [0.25, 0.3) is 0 Å². The first-order valence-electron chi connectivity index (χ1n) is 6.44. The zero-order valence-electron chi connectivity index (χ0n) is 11.0. The molecule has 0 aromatic heterocycles. The van der Waals surface area contributed by atoms with Gasteiger partial charge in [-0.25, -0.2) is 4.39 Å². The van der Waals surface area contributed by atoms with E-state index in [1.54, 1.807) is 0 Å². The average Bonchev–Trinajstić information content (AvgIpc) is 2.33. The summed E-state index contributed by atoms with van der Waals surface area (Å²) in [5.41, 5.74) is 5.86. The van der Waals surface area contributed by atoms with Crippen LogP contribution in [0.3, 0.4) is 0 Å². The Morgan fingerprint density at radius 1 is 1.53 bits per heavy atom. The van der Waals surface area contributed by atoms with Crippen LogP contribution in [0.15, 0.2) is 18.2 Å². The highest BCUT2D eigenvalue weighted by Gasteiger charge is 2.29. The highest BCUT2D eigenvalue weighted by Crippen LogP contribution is 2.30. The van der Waals surface area contributed by atoms with Crippen molar-refractivity contribution in [2.75, 3.05) is 13.6 Å². The molecule has 0 spiro atoms. The number of amides is 1. The van der Waals surface area contributed by atoms with E-state index in [1.807, 2.05) is 7.05 Å². The van der Waals surface area contributed by atoms with Crippen LogP contribution in [-0.4, -0.2) is 25.6 Å². The molecule has 0 atom stereocenters. The van der Waals surface area contributed by atoms with Gasteiger partial charge in [0.2, 0.25) is 5.91 Å². The van der Waals surface area contributed by atoms with Crippen LogP contribution in [0.2, 0.25) is 0 Å². The molecule has 2 rings (SSSR count). The van der Waals surface area contributed by atoms with E-state index in [4.69, 9.17) is 10.5 Å². The Morgan fingerprint density at radius 3 is 2.89 bits per heavy atom. The third kappa shape index (κ3) is 3.52. The Labute approximate surface area is 112 Å². The van der Waals surface area contributed by atoms with Gasteiger partial charge in [0.05, 0.1) is 12.7 Å². The number of hydrogen-bond acceptors (Lipinski definition) is 3. The van der Waals surface area contributed by atoms with E-state index < -0.39 is 5.91 Å². The van der Waals surface area contributed by atoms with E-state index in [1.165, 1.54) is 18.2 Å². The Morgan fingerprint density at radius 2 is 2.26 bits per heavy atom. The molecule has 1 aliphatic rings. The van der Waals surface area contributed by atoms with Crippen molar-refractivity contribution < 1.29 is 13.9 Å². The number of carbonyl (C=O) groups excluding carboxylic acids is 1. The number of carbonyl (C=O) groups is 1. The predicted molar refractivity (Wildman–Crippen MR) is 70.1 cm³/mol. The first kappa shape index (κ1) is 14.0. The maximum Gasteiger partial charge on any atom is 0.248 e. The number of halogens is 1. The summed E-state index contributed by atoms with van der Waals surface area (Å²) in [7, 11) is 1.93. The van der Waals surface area contributed by atoms with Crippen molar-refractivity contribution in [2.24, 2.45) is 11.7 Å². The molecule has 19 heavy (non-hydrogen) atoms. The summed E-state index contributed by atoms with van der Waals surface area (Å²) in [6, 6.07) is 4.10. The van der Waals surface area contributed by atoms with Crippen LogP contribution in [0.4, 0.5) is 4.39 Å². The second kappa shape index (κ2) is 6.12. The number of hydrogen-bond donors (Lipinski definition) is 2. The highest BCUT2D eigenvalue weighted by molar-refractivity contribution is 5.92. The maximum atomic E-state index is 13.6. The number of primary amides is 1. The quantitative estimate of drug-likeness (QED) is 0.819. The zero-order valence-corrected chi connectivity index (χ0v) is 11.0. The smallest absolute Gasteiger partial charge is 0.248 e. The summed E-state index contributed by atoms with van der Waals surface area (Å²) >= 11 is 0. The van der Waals surface area contributed by atoms with E-state index in [9.17, 15) is 9.18 Å². The number of ether oxygens (including phenoxy) is 1. The minimum absolute atomic E-state index is 0.184. The van der Waals surface area contributed by atoms with Gasteiger partial charge in [-0.1, -0.05) is 0 Å². The highest BCUT2D eigenvalue weighted by atomic mass is 19.1. The SMILES string of the molecule is CNCC1CC(OCc2cc(C(N)=O)ccc2F)C1. The van der Waals surface area contributed by atoms with Gasteiger partial charge in [-0.3, -0.25) is 4.79 Å². The lowest BCUT2D eigenvalue weighted by molar-refractivity contribution is -0.0399. The van der Waals surface area contributed by atoms with Crippen molar-refractivity contribution in [3.63, 3.8) is 0 Å². The standard InChI is InChI=1S/C14H19FN2O2/c1-17-7-9-4-12(5-9)19-8-11-6-10(14(16)18)2-3-13(11)15/h2-3,6,9,12,17H,4-5,7-8H2,1H3,(H2,16,18). The number of nitrogens with two attached hydrogens (primary N) is 1. The Hall–Kier alpha value is -1.46. The molecule has 1 fully saturated rings. The summed E-state index contributed by atoms with van der Waals surface area (Å²) < 4.78 is 19.2. The van der Waals surface area contributed by atoms with Crippen molar-refractivity contribution in [3.05, 3.63) is 35.1 Å². The van der Waals surface area contributed by atoms with Gasteiger partial charge in [-0.15, -0.1) is 0 Å². The fourth-order valence-electron chi connectivity index (χ4n) is 2.31. The monoisotopic (exact) mass is 266 g/mol. The number of nitrogens with one attached hydrogen (secondary N) is 1. The molecule has 1 aliphatic carbocycles. The molecule has 1 saturated carbocycles. The van der Waals surface area contributed by atoms with Gasteiger partial charge in [0.1, 0.15) is 5.82 Å². The van der Waals surface area contributed by atoms with Gasteiger partial charge in [0, 0.05) is 11.1 Å². The fraction of sp³-hybridized carbons (Fsp3) is 0.500. The molecule has 0 aliphatic heterocycles. The molecule has 1 amide bonds. The Kier molecular flexibility index (Phi) is 4.50. The van der Waals surface area contributed by atoms with Crippen molar-refractivity contribution >= 4 is 5.91 Å². The summed E-state index contributed by atoms with van der Waals surface area (Å²) in [6.45, 7) is 1.18. The van der Waals surface area contributed by atoms with Gasteiger partial charge >= 0.3 is 0 Å². The first-order chi connectivity index (χ1) is 9.10. The molecular formula is C14H19FN2O2. The summed E-state index contributed by atoms with van der Waals surface area (Å²) in [6.07, 6.45) is 2.19. The van der Waals surface area contributed by atoms with Gasteiger partial charge in [-0.2, -0.15) is 0 Å². The van der Waals surface area contributed by atoms with E-state index in [2.05, 4.69) is 5.32 Å². The van der Waals surface area contributed by atoms with Crippen molar-refractivity contribution in [1.29, 1.82) is 0 Å². The van der Waals surface area contributed by atoms with E-state index in [0.29, 0.717) is 17.0 Å². The van der Waals surface area contributed by atoms with Crippen LogP contribution in [0, 0.1) is 11.7 Å². The van der Waals surface area contributed by atoms with Crippen LogP contribution in [-0.2, 0) is 11.3 Å². The largest absolute Gasteiger partial charge is 0.373 e. The fourth-order valence-corrected chi connectivity index (χ4v) is 2.31. The molecule has 3 N–H and O–H groups in total. The summed E-state index contributed by atoms with van der Waals surface area (Å²) in [5, 5.41) is 3.13. The second-order valence-electron chi connectivity index (χ2n) is 5.00. The molecule has 0 heterocycles. The third-order valence-electron chi connectivity index (χ3n) is 3.49. The normalized spacial score (nSPS) is 22.0. The van der Waals surface area contributed by atoms with Crippen LogP contribution in [0.5, 0.6) is 0 Å². The average molecular weight is 266 g/mol. The molecule has 1 aromatic carbocycles. The molecule has 0 radical (unpaired) electrons. The Balaban J connectivity index is 1.86. The minimum Gasteiger partial charge on any atom is -0.373 e. The third-order valence-corrected chi connectivity index (χ3v) is 3.49. The lowest BCUT2D eigenvalue weighted by Crippen LogP contribution is -2.36. The van der Waals surface area contributed by atoms with Crippen molar-refractivity contribution in [2.45, 2.75) is 25.6 Å². The molecule has 4 nitrogen and oxygen atoms in total. The van der Waals surface area contributed by atoms with Gasteiger partial charge in [0.15, 0.2) is 0 Å². The predicted octanol–water partition coefficient (Wildman–Crippen LogP) is 1.44. The van der Waals surface area contributed by atoms with E-state index >= 15 is 0 Å². The second-order valence-corrected chi connectivity index (χ2v) is 5.00. The number of rotatable bonds is 6. The summed E-state index contributed by atoms with van der Waals surface area (Å²) in [4.78, 5) is 11.0. The molecule has 0 saturated heterocycles. The Bertz CT molecular complexity index is 459. The zero-order chi connectivity index (χ0) is 13.8. The molecule has 0 bridgehead atoms.